The summed E-state index contributed by atoms with van der Waals surface area (Å²) >= 11 is 13.2. The lowest BCUT2D eigenvalue weighted by molar-refractivity contribution is 0.920. The van der Waals surface area contributed by atoms with Crippen molar-refractivity contribution in [3.8, 4) is 0 Å². The van der Waals surface area contributed by atoms with Crippen molar-refractivity contribution in [3.63, 3.8) is 0 Å². The Morgan fingerprint density at radius 2 is 2.19 bits per heavy atom. The zero-order valence-electron chi connectivity index (χ0n) is 8.53. The Morgan fingerprint density at radius 3 is 2.81 bits per heavy atom. The number of hydrogen-bond donors (Lipinski definition) is 0. The molecule has 0 aromatic heterocycles. The molecule has 1 heterocycles. The first-order valence-corrected chi connectivity index (χ1v) is 8.17. The molecule has 0 amide bonds. The highest BCUT2D eigenvalue weighted by Crippen LogP contribution is 2.42. The Hall–Kier alpha value is 0.360. The molecule has 1 nitrogen and oxygen atoms in total. The summed E-state index contributed by atoms with van der Waals surface area (Å²) in [7, 11) is 0. The highest BCUT2D eigenvalue weighted by Gasteiger charge is 2.33. The van der Waals surface area contributed by atoms with Gasteiger partial charge in [-0.1, -0.05) is 69.8 Å². The van der Waals surface area contributed by atoms with Crippen molar-refractivity contribution in [2.24, 2.45) is 4.99 Å². The van der Waals surface area contributed by atoms with Gasteiger partial charge in [-0.2, -0.15) is 0 Å². The standard InChI is InChI=1S/C11H11BrClNS2/c12-7-11(13)8-14-10(16-11)15-6-9-4-2-1-3-5-9/h1-5H,6-8H2. The van der Waals surface area contributed by atoms with Gasteiger partial charge in [-0.15, -0.1) is 11.6 Å². The minimum atomic E-state index is -0.265. The molecule has 1 atom stereocenters. The molecule has 0 radical (unpaired) electrons. The van der Waals surface area contributed by atoms with Crippen LogP contribution in [0, 0.1) is 0 Å². The third-order valence-electron chi connectivity index (χ3n) is 2.12. The molecular formula is C11H11BrClNS2. The third-order valence-corrected chi connectivity index (χ3v) is 6.66. The van der Waals surface area contributed by atoms with Crippen LogP contribution in [-0.4, -0.2) is 20.5 Å². The monoisotopic (exact) mass is 335 g/mol. The second kappa shape index (κ2) is 5.80. The third kappa shape index (κ3) is 3.42. The van der Waals surface area contributed by atoms with E-state index in [1.54, 1.807) is 23.5 Å². The number of rotatable bonds is 3. The predicted molar refractivity (Wildman–Crippen MR) is 80.0 cm³/mol. The summed E-state index contributed by atoms with van der Waals surface area (Å²) in [5.74, 6) is 0.960. The van der Waals surface area contributed by atoms with E-state index < -0.39 is 0 Å². The Morgan fingerprint density at radius 1 is 1.44 bits per heavy atom. The van der Waals surface area contributed by atoms with Gasteiger partial charge < -0.3 is 0 Å². The fraction of sp³-hybridized carbons (Fsp3) is 0.364. The van der Waals surface area contributed by atoms with Crippen LogP contribution in [-0.2, 0) is 5.75 Å². The van der Waals surface area contributed by atoms with Gasteiger partial charge in [-0.05, 0) is 5.56 Å². The van der Waals surface area contributed by atoms with E-state index in [1.807, 2.05) is 6.07 Å². The van der Waals surface area contributed by atoms with E-state index in [9.17, 15) is 0 Å². The van der Waals surface area contributed by atoms with Gasteiger partial charge in [0.05, 0.1) is 6.54 Å². The number of benzene rings is 1. The second-order valence-electron chi connectivity index (χ2n) is 3.48. The summed E-state index contributed by atoms with van der Waals surface area (Å²) in [6.45, 7) is 0.696. The smallest absolute Gasteiger partial charge is 0.126 e. The lowest BCUT2D eigenvalue weighted by Crippen LogP contribution is -2.18. The molecule has 1 aliphatic heterocycles. The molecule has 0 aliphatic carbocycles. The molecule has 0 spiro atoms. The van der Waals surface area contributed by atoms with Crippen LogP contribution in [0.2, 0.25) is 0 Å². The van der Waals surface area contributed by atoms with Gasteiger partial charge in [0.25, 0.3) is 0 Å². The number of aliphatic imine (C=N–C) groups is 1. The van der Waals surface area contributed by atoms with Crippen molar-refractivity contribution in [1.29, 1.82) is 0 Å². The number of halogens is 2. The van der Waals surface area contributed by atoms with E-state index in [1.165, 1.54) is 5.56 Å². The van der Waals surface area contributed by atoms with Crippen molar-refractivity contribution in [2.75, 3.05) is 11.9 Å². The maximum Gasteiger partial charge on any atom is 0.126 e. The number of alkyl halides is 2. The van der Waals surface area contributed by atoms with Crippen LogP contribution in [0.5, 0.6) is 0 Å². The van der Waals surface area contributed by atoms with Crippen LogP contribution in [0.4, 0.5) is 0 Å². The SMILES string of the molecule is ClC1(CBr)CN=C(SCc2ccccc2)S1. The Bertz CT molecular complexity index is 385. The Labute approximate surface area is 118 Å². The molecule has 0 N–H and O–H groups in total. The van der Waals surface area contributed by atoms with E-state index in [-0.39, 0.29) is 4.21 Å². The average Bonchev–Trinajstić information content (AvgIpc) is 2.71. The molecule has 2 rings (SSSR count). The van der Waals surface area contributed by atoms with Gasteiger partial charge in [0.15, 0.2) is 0 Å². The zero-order chi connectivity index (χ0) is 11.4. The first-order chi connectivity index (χ1) is 7.72. The van der Waals surface area contributed by atoms with Gasteiger partial charge in [0, 0.05) is 11.1 Å². The lowest BCUT2D eigenvalue weighted by atomic mass is 10.2. The molecular weight excluding hydrogens is 326 g/mol. The summed E-state index contributed by atoms with van der Waals surface area (Å²) in [6.07, 6.45) is 0. The van der Waals surface area contributed by atoms with E-state index in [0.29, 0.717) is 6.54 Å². The molecule has 1 aromatic rings. The predicted octanol–water partition coefficient (Wildman–Crippen LogP) is 4.35. The van der Waals surface area contributed by atoms with Gasteiger partial charge >= 0.3 is 0 Å². The second-order valence-corrected chi connectivity index (χ2v) is 7.58. The first-order valence-electron chi connectivity index (χ1n) is 4.87. The van der Waals surface area contributed by atoms with Crippen molar-refractivity contribution in [2.45, 2.75) is 9.96 Å². The van der Waals surface area contributed by atoms with Crippen LogP contribution < -0.4 is 0 Å². The molecule has 0 fully saturated rings. The van der Waals surface area contributed by atoms with Crippen LogP contribution in [0.15, 0.2) is 35.3 Å². The van der Waals surface area contributed by atoms with E-state index >= 15 is 0 Å². The summed E-state index contributed by atoms with van der Waals surface area (Å²) in [5.41, 5.74) is 1.32. The van der Waals surface area contributed by atoms with Crippen LogP contribution in [0.1, 0.15) is 5.56 Å². The van der Waals surface area contributed by atoms with Gasteiger partial charge in [-0.3, -0.25) is 4.99 Å². The maximum absolute atomic E-state index is 6.32. The molecule has 1 unspecified atom stereocenters. The number of nitrogens with zero attached hydrogens (tertiary/aromatic N) is 1. The van der Waals surface area contributed by atoms with Gasteiger partial charge in [-0.25, -0.2) is 0 Å². The van der Waals surface area contributed by atoms with Crippen LogP contribution >= 0.6 is 51.1 Å². The van der Waals surface area contributed by atoms with Crippen molar-refractivity contribution in [1.82, 2.24) is 0 Å². The van der Waals surface area contributed by atoms with Crippen molar-refractivity contribution < 1.29 is 0 Å². The normalized spacial score (nSPS) is 24.5. The van der Waals surface area contributed by atoms with Gasteiger partial charge in [0.1, 0.15) is 8.58 Å². The summed E-state index contributed by atoms with van der Waals surface area (Å²) in [5, 5.41) is 0.769. The minimum Gasteiger partial charge on any atom is -0.269 e. The molecule has 0 saturated carbocycles. The molecule has 0 saturated heterocycles. The average molecular weight is 337 g/mol. The van der Waals surface area contributed by atoms with E-state index in [2.05, 4.69) is 45.2 Å². The Balaban J connectivity index is 1.85. The topological polar surface area (TPSA) is 12.4 Å². The fourth-order valence-electron chi connectivity index (χ4n) is 1.27. The van der Waals surface area contributed by atoms with Crippen LogP contribution in [0.25, 0.3) is 0 Å². The largest absolute Gasteiger partial charge is 0.269 e. The highest BCUT2D eigenvalue weighted by atomic mass is 79.9. The van der Waals surface area contributed by atoms with Crippen LogP contribution in [0.3, 0.4) is 0 Å². The highest BCUT2D eigenvalue weighted by molar-refractivity contribution is 9.09. The minimum absolute atomic E-state index is 0.265. The maximum atomic E-state index is 6.32. The molecule has 16 heavy (non-hydrogen) atoms. The molecule has 1 aromatic carbocycles. The summed E-state index contributed by atoms with van der Waals surface area (Å²) in [6, 6.07) is 10.4. The molecule has 1 aliphatic rings. The quantitative estimate of drug-likeness (QED) is 0.761. The first kappa shape index (κ1) is 12.8. The van der Waals surface area contributed by atoms with E-state index in [0.717, 1.165) is 15.5 Å². The zero-order valence-corrected chi connectivity index (χ0v) is 12.5. The Kier molecular flexibility index (Phi) is 4.65. The summed E-state index contributed by atoms with van der Waals surface area (Å²) in [4.78, 5) is 4.46. The number of thioether (sulfide) groups is 2. The number of hydrogen-bond acceptors (Lipinski definition) is 3. The van der Waals surface area contributed by atoms with Gasteiger partial charge in [0.2, 0.25) is 0 Å². The van der Waals surface area contributed by atoms with Crippen molar-refractivity contribution >= 4 is 55.4 Å². The lowest BCUT2D eigenvalue weighted by Gasteiger charge is -2.14. The molecule has 5 heteroatoms. The molecule has 86 valence electrons. The molecule has 0 bridgehead atoms. The van der Waals surface area contributed by atoms with E-state index in [4.69, 9.17) is 11.6 Å². The van der Waals surface area contributed by atoms with Crippen molar-refractivity contribution in [3.05, 3.63) is 35.9 Å². The fourth-order valence-corrected chi connectivity index (χ4v) is 4.36. The summed E-state index contributed by atoms with van der Waals surface area (Å²) < 4.78 is 0.831.